The molecule has 34 heavy (non-hydrogen) atoms. The van der Waals surface area contributed by atoms with Gasteiger partial charge in [0.15, 0.2) is 5.69 Å². The molecule has 2 aromatic heterocycles. The number of carbonyl (C=O) groups is 1. The number of carbonyl (C=O) groups excluding carboxylic acids is 1. The average molecular weight is 494 g/mol. The number of aromatic nitrogens is 3. The zero-order chi connectivity index (χ0) is 23.3. The highest BCUT2D eigenvalue weighted by Gasteiger charge is 2.19. The highest BCUT2D eigenvalue weighted by atomic mass is 35.5. The van der Waals surface area contributed by atoms with Crippen LogP contribution in [0.25, 0.3) is 27.6 Å². The second-order valence-electron chi connectivity index (χ2n) is 7.92. The Hall–Kier alpha value is -3.04. The predicted molar refractivity (Wildman–Crippen MR) is 135 cm³/mol. The van der Waals surface area contributed by atoms with Crippen molar-refractivity contribution in [3.63, 3.8) is 0 Å². The van der Waals surface area contributed by atoms with Gasteiger partial charge in [0.05, 0.1) is 24.6 Å². The van der Waals surface area contributed by atoms with Crippen molar-refractivity contribution < 1.29 is 9.53 Å². The summed E-state index contributed by atoms with van der Waals surface area (Å²) in [4.78, 5) is 20.0. The summed E-state index contributed by atoms with van der Waals surface area (Å²) < 4.78 is 7.13. The molecule has 0 spiro atoms. The van der Waals surface area contributed by atoms with Gasteiger partial charge in [0, 0.05) is 47.7 Å². The normalized spacial score (nSPS) is 14.3. The highest BCUT2D eigenvalue weighted by molar-refractivity contribution is 7.12. The van der Waals surface area contributed by atoms with Crippen LogP contribution < -0.4 is 5.32 Å². The van der Waals surface area contributed by atoms with E-state index in [0.29, 0.717) is 22.4 Å². The maximum Gasteiger partial charge on any atom is 0.271 e. The van der Waals surface area contributed by atoms with Gasteiger partial charge in [-0.3, -0.25) is 9.69 Å². The van der Waals surface area contributed by atoms with Crippen LogP contribution in [0.5, 0.6) is 0 Å². The fourth-order valence-corrected chi connectivity index (χ4v) is 4.73. The van der Waals surface area contributed by atoms with E-state index in [2.05, 4.69) is 15.3 Å². The van der Waals surface area contributed by atoms with Gasteiger partial charge in [0.1, 0.15) is 0 Å². The van der Waals surface area contributed by atoms with Crippen LogP contribution in [0.15, 0.2) is 66.0 Å². The third-order valence-corrected chi connectivity index (χ3v) is 6.71. The Morgan fingerprint density at radius 1 is 1.06 bits per heavy atom. The first-order valence-corrected chi connectivity index (χ1v) is 12.4. The minimum Gasteiger partial charge on any atom is -0.379 e. The number of nitrogens with one attached hydrogen (secondary N) is 1. The Labute approximate surface area is 207 Å². The zero-order valence-electron chi connectivity index (χ0n) is 18.5. The maximum absolute atomic E-state index is 12.9. The molecule has 0 radical (unpaired) electrons. The van der Waals surface area contributed by atoms with Crippen molar-refractivity contribution in [1.82, 2.24) is 25.0 Å². The lowest BCUT2D eigenvalue weighted by atomic mass is 10.1. The van der Waals surface area contributed by atoms with Crippen molar-refractivity contribution >= 4 is 28.8 Å². The lowest BCUT2D eigenvalue weighted by Crippen LogP contribution is -2.41. The number of nitrogens with zero attached hydrogens (tertiary/aromatic N) is 4. The Morgan fingerprint density at radius 2 is 1.82 bits per heavy atom. The number of amides is 1. The van der Waals surface area contributed by atoms with Gasteiger partial charge in [-0.1, -0.05) is 54.1 Å². The molecule has 1 saturated heterocycles. The van der Waals surface area contributed by atoms with Crippen LogP contribution in [0.1, 0.15) is 10.5 Å². The zero-order valence-corrected chi connectivity index (χ0v) is 20.1. The second kappa shape index (κ2) is 10.5. The minimum atomic E-state index is -0.196. The van der Waals surface area contributed by atoms with Crippen LogP contribution in [0, 0.1) is 0 Å². The first-order valence-electron chi connectivity index (χ1n) is 11.1. The first kappa shape index (κ1) is 22.7. The Balaban J connectivity index is 1.39. The van der Waals surface area contributed by atoms with E-state index in [1.54, 1.807) is 4.68 Å². The van der Waals surface area contributed by atoms with Crippen molar-refractivity contribution in [3.8, 4) is 27.6 Å². The smallest absolute Gasteiger partial charge is 0.271 e. The number of morpholine rings is 1. The van der Waals surface area contributed by atoms with Gasteiger partial charge in [-0.25, -0.2) is 9.67 Å². The standard InChI is InChI=1S/C25H24ClN5O2S/c26-20-8-6-18(7-9-20)22-17-34-25(28-22)31-23(19-4-2-1-3-5-19)16-21(29-31)24(32)27-10-11-30-12-14-33-15-13-30/h1-9,16-17H,10-15H2,(H,27,32). The molecular formula is C25H24ClN5O2S. The molecule has 4 aromatic rings. The maximum atomic E-state index is 12.9. The van der Waals surface area contributed by atoms with Gasteiger partial charge in [0.25, 0.3) is 5.91 Å². The molecule has 0 saturated carbocycles. The molecule has 3 heterocycles. The lowest BCUT2D eigenvalue weighted by Gasteiger charge is -2.26. The molecule has 0 bridgehead atoms. The molecule has 1 N–H and O–H groups in total. The quantitative estimate of drug-likeness (QED) is 0.413. The van der Waals surface area contributed by atoms with Gasteiger partial charge in [-0.2, -0.15) is 5.10 Å². The molecule has 0 aliphatic carbocycles. The third-order valence-electron chi connectivity index (χ3n) is 5.64. The average Bonchev–Trinajstić information content (AvgIpc) is 3.54. The van der Waals surface area contributed by atoms with Crippen LogP contribution in [0.2, 0.25) is 5.02 Å². The summed E-state index contributed by atoms with van der Waals surface area (Å²) in [5, 5.41) is 11.0. The number of thiazole rings is 1. The minimum absolute atomic E-state index is 0.196. The van der Waals surface area contributed by atoms with E-state index >= 15 is 0 Å². The van der Waals surface area contributed by atoms with Gasteiger partial charge < -0.3 is 10.1 Å². The SMILES string of the molecule is O=C(NCCN1CCOCC1)c1cc(-c2ccccc2)n(-c2nc(-c3ccc(Cl)cc3)cs2)n1. The molecule has 174 valence electrons. The number of rotatable bonds is 7. The number of benzene rings is 2. The van der Waals surface area contributed by atoms with E-state index in [9.17, 15) is 4.79 Å². The van der Waals surface area contributed by atoms with E-state index in [4.69, 9.17) is 21.3 Å². The molecule has 0 unspecified atom stereocenters. The van der Waals surface area contributed by atoms with E-state index in [1.807, 2.05) is 66.0 Å². The number of hydrogen-bond acceptors (Lipinski definition) is 6. The first-order chi connectivity index (χ1) is 16.7. The molecule has 0 atom stereocenters. The molecular weight excluding hydrogens is 470 g/mol. The Morgan fingerprint density at radius 3 is 2.59 bits per heavy atom. The largest absolute Gasteiger partial charge is 0.379 e. The van der Waals surface area contributed by atoms with Crippen LogP contribution in [-0.2, 0) is 4.74 Å². The lowest BCUT2D eigenvalue weighted by molar-refractivity contribution is 0.0383. The van der Waals surface area contributed by atoms with Crippen molar-refractivity contribution in [2.45, 2.75) is 0 Å². The van der Waals surface area contributed by atoms with Crippen molar-refractivity contribution in [3.05, 3.63) is 76.8 Å². The van der Waals surface area contributed by atoms with Crippen LogP contribution in [0.3, 0.4) is 0 Å². The van der Waals surface area contributed by atoms with Crippen LogP contribution in [0.4, 0.5) is 0 Å². The third kappa shape index (κ3) is 5.20. The monoisotopic (exact) mass is 493 g/mol. The fraction of sp³-hybridized carbons (Fsp3) is 0.240. The Kier molecular flexibility index (Phi) is 7.01. The number of hydrogen-bond donors (Lipinski definition) is 1. The number of ether oxygens (including phenoxy) is 1. The topological polar surface area (TPSA) is 72.3 Å². The van der Waals surface area contributed by atoms with Gasteiger partial charge in [-0.05, 0) is 18.2 Å². The molecule has 1 aliphatic rings. The summed E-state index contributed by atoms with van der Waals surface area (Å²) in [5.74, 6) is -0.196. The summed E-state index contributed by atoms with van der Waals surface area (Å²) in [6.07, 6.45) is 0. The van der Waals surface area contributed by atoms with Gasteiger partial charge >= 0.3 is 0 Å². The van der Waals surface area contributed by atoms with Crippen LogP contribution in [-0.4, -0.2) is 65.0 Å². The van der Waals surface area contributed by atoms with E-state index in [-0.39, 0.29) is 5.91 Å². The van der Waals surface area contributed by atoms with Gasteiger partial charge in [-0.15, -0.1) is 11.3 Å². The summed E-state index contributed by atoms with van der Waals surface area (Å²) in [5.41, 5.74) is 3.95. The second-order valence-corrected chi connectivity index (χ2v) is 9.20. The molecule has 1 amide bonds. The molecule has 1 aliphatic heterocycles. The highest BCUT2D eigenvalue weighted by Crippen LogP contribution is 2.29. The van der Waals surface area contributed by atoms with E-state index in [1.165, 1.54) is 11.3 Å². The summed E-state index contributed by atoms with van der Waals surface area (Å²) >= 11 is 7.50. The molecule has 1 fully saturated rings. The van der Waals surface area contributed by atoms with Crippen molar-refractivity contribution in [1.29, 1.82) is 0 Å². The summed E-state index contributed by atoms with van der Waals surface area (Å²) in [6, 6.07) is 19.3. The molecule has 2 aromatic carbocycles. The van der Waals surface area contributed by atoms with E-state index < -0.39 is 0 Å². The number of halogens is 1. The predicted octanol–water partition coefficient (Wildman–Crippen LogP) is 4.38. The molecule has 5 rings (SSSR count). The van der Waals surface area contributed by atoms with E-state index in [0.717, 1.165) is 55.4 Å². The van der Waals surface area contributed by atoms with Crippen LogP contribution >= 0.6 is 22.9 Å². The van der Waals surface area contributed by atoms with Crippen molar-refractivity contribution in [2.24, 2.45) is 0 Å². The Bertz CT molecular complexity index is 1250. The summed E-state index contributed by atoms with van der Waals surface area (Å²) in [7, 11) is 0. The van der Waals surface area contributed by atoms with Gasteiger partial charge in [0.2, 0.25) is 5.13 Å². The molecule has 9 heteroatoms. The fourth-order valence-electron chi connectivity index (χ4n) is 3.81. The van der Waals surface area contributed by atoms with Crippen molar-refractivity contribution in [2.75, 3.05) is 39.4 Å². The molecule has 7 nitrogen and oxygen atoms in total. The summed E-state index contributed by atoms with van der Waals surface area (Å²) in [6.45, 7) is 4.61.